The molecule has 0 spiro atoms. The Morgan fingerprint density at radius 1 is 0.500 bits per heavy atom. The number of benzene rings is 7. The quantitative estimate of drug-likeness (QED) is 0.190. The van der Waals surface area contributed by atoms with E-state index in [0.717, 1.165) is 10.5 Å². The Morgan fingerprint density at radius 3 is 2.00 bits per heavy atom. The van der Waals surface area contributed by atoms with E-state index >= 15 is 0 Å². The van der Waals surface area contributed by atoms with Gasteiger partial charge in [-0.1, -0.05) is 129 Å². The van der Waals surface area contributed by atoms with E-state index in [-0.39, 0.29) is 5.41 Å². The predicted molar refractivity (Wildman–Crippen MR) is 189 cm³/mol. The Bertz CT molecular complexity index is 2410. The highest BCUT2D eigenvalue weighted by molar-refractivity contribution is 7.22. The fourth-order valence-electron chi connectivity index (χ4n) is 7.17. The number of thiazole rings is 1. The van der Waals surface area contributed by atoms with E-state index in [2.05, 4.69) is 153 Å². The van der Waals surface area contributed by atoms with Crippen LogP contribution in [0.15, 0.2) is 140 Å². The van der Waals surface area contributed by atoms with E-state index < -0.39 is 0 Å². The first-order valence-corrected chi connectivity index (χ1v) is 16.0. The van der Waals surface area contributed by atoms with Crippen molar-refractivity contribution in [2.75, 3.05) is 0 Å². The third kappa shape index (κ3) is 3.81. The zero-order chi connectivity index (χ0) is 29.4. The Hall–Kier alpha value is -5.05. The van der Waals surface area contributed by atoms with Crippen molar-refractivity contribution in [3.05, 3.63) is 151 Å². The minimum atomic E-state index is -0.0126. The zero-order valence-corrected chi connectivity index (χ0v) is 25.5. The molecular formula is C42H29NS. The topological polar surface area (TPSA) is 12.9 Å². The van der Waals surface area contributed by atoms with Crippen LogP contribution in [0.25, 0.3) is 75.7 Å². The van der Waals surface area contributed by atoms with Gasteiger partial charge in [-0.15, -0.1) is 11.3 Å². The van der Waals surface area contributed by atoms with E-state index in [1.807, 2.05) is 0 Å². The average Bonchev–Trinajstić information content (AvgIpc) is 3.62. The standard InChI is InChI=1S/C42H29NS/c1-42(2)36-14-7-6-13-33(36)34-21-19-32(25-37(34)42)30-12-8-11-29(23-30)31-18-16-26-15-17-27-20-22-38-40(39(27)35(26)24-31)44-41(43-38)28-9-4-3-5-10-28/h3-25H,1-2H3. The first-order chi connectivity index (χ1) is 21.5. The molecule has 1 aromatic heterocycles. The van der Waals surface area contributed by atoms with Gasteiger partial charge in [0.2, 0.25) is 0 Å². The molecule has 0 aliphatic heterocycles. The smallest absolute Gasteiger partial charge is 0.124 e. The Morgan fingerprint density at radius 2 is 1.14 bits per heavy atom. The molecule has 1 aliphatic rings. The maximum atomic E-state index is 5.03. The van der Waals surface area contributed by atoms with Crippen LogP contribution in [0.4, 0.5) is 0 Å². The highest BCUT2D eigenvalue weighted by atomic mass is 32.1. The fraction of sp³-hybridized carbons (Fsp3) is 0.0714. The summed E-state index contributed by atoms with van der Waals surface area (Å²) >= 11 is 1.79. The molecule has 0 atom stereocenters. The van der Waals surface area contributed by atoms with Crippen LogP contribution in [0.2, 0.25) is 0 Å². The van der Waals surface area contributed by atoms with Crippen molar-refractivity contribution in [3.8, 4) is 44.0 Å². The summed E-state index contributed by atoms with van der Waals surface area (Å²) in [4.78, 5) is 5.03. The van der Waals surface area contributed by atoms with Gasteiger partial charge in [0, 0.05) is 16.4 Å². The second-order valence-electron chi connectivity index (χ2n) is 12.4. The molecule has 8 aromatic rings. The second-order valence-corrected chi connectivity index (χ2v) is 13.4. The summed E-state index contributed by atoms with van der Waals surface area (Å²) in [7, 11) is 0. The molecule has 1 nitrogen and oxygen atoms in total. The molecule has 0 fully saturated rings. The lowest BCUT2D eigenvalue weighted by molar-refractivity contribution is 0.660. The second kappa shape index (κ2) is 9.47. The summed E-state index contributed by atoms with van der Waals surface area (Å²) < 4.78 is 1.25. The molecule has 7 aromatic carbocycles. The molecule has 0 amide bonds. The number of aromatic nitrogens is 1. The summed E-state index contributed by atoms with van der Waals surface area (Å²) in [6.45, 7) is 4.69. The van der Waals surface area contributed by atoms with Gasteiger partial charge >= 0.3 is 0 Å². The monoisotopic (exact) mass is 579 g/mol. The van der Waals surface area contributed by atoms with Crippen molar-refractivity contribution in [1.82, 2.24) is 4.98 Å². The Labute approximate surface area is 261 Å². The molecule has 0 saturated carbocycles. The third-order valence-electron chi connectivity index (χ3n) is 9.49. The van der Waals surface area contributed by atoms with Crippen LogP contribution in [0, 0.1) is 0 Å². The van der Waals surface area contributed by atoms with Crippen LogP contribution in [-0.2, 0) is 5.41 Å². The fourth-order valence-corrected chi connectivity index (χ4v) is 8.31. The molecule has 1 heterocycles. The van der Waals surface area contributed by atoms with Gasteiger partial charge in [0.25, 0.3) is 0 Å². The van der Waals surface area contributed by atoms with Gasteiger partial charge < -0.3 is 0 Å². The maximum Gasteiger partial charge on any atom is 0.124 e. The van der Waals surface area contributed by atoms with Crippen molar-refractivity contribution in [2.45, 2.75) is 19.3 Å². The molecule has 0 radical (unpaired) electrons. The van der Waals surface area contributed by atoms with Crippen LogP contribution < -0.4 is 0 Å². The summed E-state index contributed by atoms with van der Waals surface area (Å²) in [6.07, 6.45) is 0. The summed E-state index contributed by atoms with van der Waals surface area (Å²) in [6, 6.07) is 51.1. The van der Waals surface area contributed by atoms with Gasteiger partial charge in [-0.25, -0.2) is 4.98 Å². The van der Waals surface area contributed by atoms with Crippen LogP contribution in [0.1, 0.15) is 25.0 Å². The van der Waals surface area contributed by atoms with Crippen LogP contribution in [-0.4, -0.2) is 4.98 Å². The molecule has 44 heavy (non-hydrogen) atoms. The minimum Gasteiger partial charge on any atom is -0.236 e. The highest BCUT2D eigenvalue weighted by Gasteiger charge is 2.35. The Kier molecular flexibility index (Phi) is 5.48. The van der Waals surface area contributed by atoms with Crippen molar-refractivity contribution in [2.24, 2.45) is 0 Å². The lowest BCUT2D eigenvalue weighted by Crippen LogP contribution is -2.14. The number of rotatable bonds is 3. The van der Waals surface area contributed by atoms with Gasteiger partial charge in [-0.05, 0) is 84.9 Å². The van der Waals surface area contributed by atoms with Gasteiger partial charge in [0.15, 0.2) is 0 Å². The first kappa shape index (κ1) is 25.4. The van der Waals surface area contributed by atoms with Crippen molar-refractivity contribution < 1.29 is 0 Å². The predicted octanol–water partition coefficient (Wildman–Crippen LogP) is 11.9. The molecule has 9 rings (SSSR count). The largest absolute Gasteiger partial charge is 0.236 e. The molecule has 0 saturated heterocycles. The molecule has 2 heteroatoms. The van der Waals surface area contributed by atoms with Gasteiger partial charge in [0.05, 0.1) is 10.2 Å². The van der Waals surface area contributed by atoms with Crippen molar-refractivity contribution >= 4 is 43.1 Å². The van der Waals surface area contributed by atoms with E-state index in [1.165, 1.54) is 76.3 Å². The average molecular weight is 580 g/mol. The summed E-state index contributed by atoms with van der Waals surface area (Å²) in [5, 5.41) is 6.13. The van der Waals surface area contributed by atoms with Crippen LogP contribution >= 0.6 is 11.3 Å². The summed E-state index contributed by atoms with van der Waals surface area (Å²) in [5.74, 6) is 0. The molecule has 0 unspecified atom stereocenters. The van der Waals surface area contributed by atoms with Crippen molar-refractivity contribution in [3.63, 3.8) is 0 Å². The normalized spacial score (nSPS) is 13.4. The third-order valence-corrected chi connectivity index (χ3v) is 10.6. The van der Waals surface area contributed by atoms with Gasteiger partial charge in [-0.3, -0.25) is 0 Å². The number of hydrogen-bond donors (Lipinski definition) is 0. The molecule has 208 valence electrons. The lowest BCUT2D eigenvalue weighted by atomic mass is 9.81. The van der Waals surface area contributed by atoms with E-state index in [1.54, 1.807) is 11.3 Å². The summed E-state index contributed by atoms with van der Waals surface area (Å²) in [5.41, 5.74) is 12.7. The maximum absolute atomic E-state index is 5.03. The molecular weight excluding hydrogens is 551 g/mol. The number of nitrogens with zero attached hydrogens (tertiary/aromatic N) is 1. The molecule has 0 N–H and O–H groups in total. The van der Waals surface area contributed by atoms with Crippen molar-refractivity contribution in [1.29, 1.82) is 0 Å². The van der Waals surface area contributed by atoms with Crippen LogP contribution in [0.5, 0.6) is 0 Å². The SMILES string of the molecule is CC1(C)c2ccccc2-c2ccc(-c3cccc(-c4ccc5ccc6ccc7nc(-c8ccccc8)sc7c6c5c4)c3)cc21. The number of hydrogen-bond acceptors (Lipinski definition) is 2. The molecule has 0 bridgehead atoms. The van der Waals surface area contributed by atoms with E-state index in [0.29, 0.717) is 0 Å². The Balaban J connectivity index is 1.17. The number of fused-ring (bicyclic) bond motifs is 8. The van der Waals surface area contributed by atoms with Gasteiger partial charge in [-0.2, -0.15) is 0 Å². The van der Waals surface area contributed by atoms with Gasteiger partial charge in [0.1, 0.15) is 5.01 Å². The highest BCUT2D eigenvalue weighted by Crippen LogP contribution is 2.49. The minimum absolute atomic E-state index is 0.0126. The molecule has 1 aliphatic carbocycles. The lowest BCUT2D eigenvalue weighted by Gasteiger charge is -2.22. The van der Waals surface area contributed by atoms with E-state index in [4.69, 9.17) is 4.98 Å². The first-order valence-electron chi connectivity index (χ1n) is 15.2. The van der Waals surface area contributed by atoms with Crippen LogP contribution in [0.3, 0.4) is 0 Å². The van der Waals surface area contributed by atoms with E-state index in [9.17, 15) is 0 Å². The zero-order valence-electron chi connectivity index (χ0n) is 24.6.